The van der Waals surface area contributed by atoms with Crippen molar-refractivity contribution >= 4 is 50.2 Å². The van der Waals surface area contributed by atoms with Crippen molar-refractivity contribution in [3.63, 3.8) is 0 Å². The third-order valence-corrected chi connectivity index (χ3v) is 4.92. The molecule has 1 amide bonds. The summed E-state index contributed by atoms with van der Waals surface area (Å²) in [6.45, 7) is 5.13. The molecule has 0 radical (unpaired) electrons. The highest BCUT2D eigenvalue weighted by Gasteiger charge is 2.25. The maximum Gasteiger partial charge on any atom is 0.247 e. The largest absolute Gasteiger partial charge is 0.354 e. The zero-order valence-corrected chi connectivity index (χ0v) is 16.6. The van der Waals surface area contributed by atoms with Crippen LogP contribution in [-0.4, -0.2) is 45.0 Å². The Bertz CT molecular complexity index is 1020. The molecule has 9 heteroatoms. The molecular weight excluding hydrogens is 422 g/mol. The molecule has 2 N–H and O–H groups in total. The van der Waals surface area contributed by atoms with Crippen molar-refractivity contribution < 1.29 is 4.79 Å². The summed E-state index contributed by atoms with van der Waals surface area (Å²) in [5, 5.41) is 7.06. The summed E-state index contributed by atoms with van der Waals surface area (Å²) in [4.78, 5) is 31.1. The van der Waals surface area contributed by atoms with E-state index in [0.717, 1.165) is 40.7 Å². The number of nitrogens with one attached hydrogen (secondary N) is 2. The third kappa shape index (κ3) is 3.94. The van der Waals surface area contributed by atoms with Gasteiger partial charge in [0.05, 0.1) is 9.99 Å². The van der Waals surface area contributed by atoms with E-state index in [2.05, 4.69) is 58.0 Å². The van der Waals surface area contributed by atoms with Crippen LogP contribution in [0.15, 0.2) is 54.0 Å². The molecule has 1 unspecified atom stereocenters. The molecule has 8 nitrogen and oxygen atoms in total. The lowest BCUT2D eigenvalue weighted by molar-refractivity contribution is -0.111. The Hall–Kier alpha value is -3.07. The molecule has 1 aromatic carbocycles. The van der Waals surface area contributed by atoms with Crippen molar-refractivity contribution in [1.82, 2.24) is 19.9 Å². The number of aromatic nitrogens is 4. The highest BCUT2D eigenvalue weighted by atomic mass is 79.9. The molecule has 1 saturated heterocycles. The molecule has 0 bridgehead atoms. The Kier molecular flexibility index (Phi) is 5.16. The van der Waals surface area contributed by atoms with Gasteiger partial charge in [0, 0.05) is 42.6 Å². The fourth-order valence-electron chi connectivity index (χ4n) is 3.21. The first-order valence-electron chi connectivity index (χ1n) is 8.79. The van der Waals surface area contributed by atoms with Crippen LogP contribution in [0.3, 0.4) is 0 Å². The van der Waals surface area contributed by atoms with Crippen LogP contribution < -0.4 is 15.5 Å². The Balaban J connectivity index is 1.51. The van der Waals surface area contributed by atoms with E-state index in [-0.39, 0.29) is 11.9 Å². The van der Waals surface area contributed by atoms with E-state index in [4.69, 9.17) is 0 Å². The smallest absolute Gasteiger partial charge is 0.247 e. The van der Waals surface area contributed by atoms with Crippen molar-refractivity contribution in [2.45, 2.75) is 12.5 Å². The van der Waals surface area contributed by atoms with Gasteiger partial charge in [-0.1, -0.05) is 6.58 Å². The first-order chi connectivity index (χ1) is 13.6. The molecule has 1 fully saturated rings. The fraction of sp³-hybridized carbons (Fsp3) is 0.211. The topological polar surface area (TPSA) is 95.9 Å². The van der Waals surface area contributed by atoms with Gasteiger partial charge in [-0.25, -0.2) is 19.9 Å². The van der Waals surface area contributed by atoms with Gasteiger partial charge in [-0.15, -0.1) is 0 Å². The number of rotatable bonds is 5. The van der Waals surface area contributed by atoms with E-state index in [1.807, 2.05) is 18.2 Å². The van der Waals surface area contributed by atoms with Crippen LogP contribution in [0.25, 0.3) is 10.9 Å². The van der Waals surface area contributed by atoms with E-state index < -0.39 is 0 Å². The van der Waals surface area contributed by atoms with Crippen LogP contribution in [0.4, 0.5) is 17.5 Å². The molecule has 3 heterocycles. The van der Waals surface area contributed by atoms with Crippen LogP contribution >= 0.6 is 15.9 Å². The molecule has 1 aliphatic heterocycles. The van der Waals surface area contributed by atoms with Gasteiger partial charge in [0.15, 0.2) is 0 Å². The van der Waals surface area contributed by atoms with E-state index in [9.17, 15) is 4.79 Å². The fourth-order valence-corrected chi connectivity index (χ4v) is 3.41. The van der Waals surface area contributed by atoms with Gasteiger partial charge in [-0.3, -0.25) is 4.79 Å². The van der Waals surface area contributed by atoms with Gasteiger partial charge >= 0.3 is 0 Å². The zero-order valence-electron chi connectivity index (χ0n) is 15.0. The summed E-state index contributed by atoms with van der Waals surface area (Å²) in [6.07, 6.45) is 7.20. The van der Waals surface area contributed by atoms with Crippen molar-refractivity contribution in [2.75, 3.05) is 28.6 Å². The second-order valence-electron chi connectivity index (χ2n) is 6.42. The molecule has 0 aliphatic carbocycles. The van der Waals surface area contributed by atoms with Gasteiger partial charge in [-0.2, -0.15) is 0 Å². The average molecular weight is 440 g/mol. The second kappa shape index (κ2) is 7.89. The number of amides is 1. The monoisotopic (exact) mass is 439 g/mol. The Morgan fingerprint density at radius 2 is 2.07 bits per heavy atom. The number of benzene rings is 1. The maximum absolute atomic E-state index is 11.5. The molecule has 0 saturated carbocycles. The number of carbonyl (C=O) groups excluding carboxylic acids is 1. The summed E-state index contributed by atoms with van der Waals surface area (Å²) in [5.74, 6) is 1.25. The Morgan fingerprint density at radius 1 is 1.25 bits per heavy atom. The van der Waals surface area contributed by atoms with E-state index in [1.165, 1.54) is 6.08 Å². The average Bonchev–Trinajstić information content (AvgIpc) is 3.17. The van der Waals surface area contributed by atoms with Crippen molar-refractivity contribution in [2.24, 2.45) is 0 Å². The number of fused-ring (bicyclic) bond motifs is 1. The molecular formula is C19H18BrN7O. The van der Waals surface area contributed by atoms with Crippen molar-refractivity contribution in [3.8, 4) is 0 Å². The summed E-state index contributed by atoms with van der Waals surface area (Å²) < 4.78 is 0.849. The molecule has 4 rings (SSSR count). The zero-order chi connectivity index (χ0) is 19.5. The quantitative estimate of drug-likeness (QED) is 0.589. The van der Waals surface area contributed by atoms with Crippen LogP contribution in [0.1, 0.15) is 6.42 Å². The molecule has 0 spiro atoms. The Morgan fingerprint density at radius 3 is 2.86 bits per heavy atom. The predicted octanol–water partition coefficient (Wildman–Crippen LogP) is 3.00. The first-order valence-corrected chi connectivity index (χ1v) is 9.59. The van der Waals surface area contributed by atoms with Gasteiger partial charge in [0.25, 0.3) is 0 Å². The number of anilines is 3. The van der Waals surface area contributed by atoms with Gasteiger partial charge in [0.2, 0.25) is 11.9 Å². The number of hydrogen-bond donors (Lipinski definition) is 2. The van der Waals surface area contributed by atoms with Crippen molar-refractivity contribution in [1.29, 1.82) is 0 Å². The minimum atomic E-state index is -0.253. The molecule has 28 heavy (non-hydrogen) atoms. The summed E-state index contributed by atoms with van der Waals surface area (Å²) in [6, 6.07) is 5.85. The van der Waals surface area contributed by atoms with E-state index in [1.54, 1.807) is 18.7 Å². The normalized spacial score (nSPS) is 16.2. The molecule has 3 aromatic rings. The second-order valence-corrected chi connectivity index (χ2v) is 7.34. The SMILES string of the molecule is C=CC(=O)Nc1ccc2c(N3CCC(Nc4ncc(Br)cn4)C3)ncnc2c1. The third-order valence-electron chi connectivity index (χ3n) is 4.51. The lowest BCUT2D eigenvalue weighted by atomic mass is 10.2. The molecule has 1 atom stereocenters. The standard InChI is InChI=1S/C19H18BrN7O/c1-2-17(28)25-13-3-4-15-16(7-13)23-11-24-18(15)27-6-5-14(10-27)26-19-21-8-12(20)9-22-19/h2-4,7-9,11,14H,1,5-6,10H2,(H,25,28)(H,21,22,26). The van der Waals surface area contributed by atoms with Crippen LogP contribution in [0, 0.1) is 0 Å². The highest BCUT2D eigenvalue weighted by Crippen LogP contribution is 2.28. The number of hydrogen-bond acceptors (Lipinski definition) is 7. The molecule has 1 aliphatic rings. The van der Waals surface area contributed by atoms with E-state index in [0.29, 0.717) is 11.6 Å². The predicted molar refractivity (Wildman–Crippen MR) is 112 cm³/mol. The van der Waals surface area contributed by atoms with Gasteiger partial charge in [0.1, 0.15) is 12.1 Å². The number of nitrogens with zero attached hydrogens (tertiary/aromatic N) is 5. The summed E-state index contributed by atoms with van der Waals surface area (Å²) >= 11 is 3.34. The number of carbonyl (C=O) groups is 1. The van der Waals surface area contributed by atoms with Crippen LogP contribution in [-0.2, 0) is 4.79 Å². The van der Waals surface area contributed by atoms with Crippen molar-refractivity contribution in [3.05, 3.63) is 54.0 Å². The summed E-state index contributed by atoms with van der Waals surface area (Å²) in [7, 11) is 0. The highest BCUT2D eigenvalue weighted by molar-refractivity contribution is 9.10. The van der Waals surface area contributed by atoms with E-state index >= 15 is 0 Å². The van der Waals surface area contributed by atoms with Crippen LogP contribution in [0.2, 0.25) is 0 Å². The van der Waals surface area contributed by atoms with Gasteiger partial charge in [-0.05, 0) is 46.6 Å². The Labute approximate surface area is 170 Å². The maximum atomic E-state index is 11.5. The lowest BCUT2D eigenvalue weighted by Gasteiger charge is -2.19. The minimum Gasteiger partial charge on any atom is -0.354 e. The lowest BCUT2D eigenvalue weighted by Crippen LogP contribution is -2.27. The van der Waals surface area contributed by atoms with Gasteiger partial charge < -0.3 is 15.5 Å². The first kappa shape index (κ1) is 18.3. The summed E-state index contributed by atoms with van der Waals surface area (Å²) in [5.41, 5.74) is 1.45. The molecule has 142 valence electrons. The van der Waals surface area contributed by atoms with Crippen LogP contribution in [0.5, 0.6) is 0 Å². The minimum absolute atomic E-state index is 0.234. The number of halogens is 1. The molecule has 2 aromatic heterocycles.